The molecule has 0 saturated heterocycles. The number of nitrogens with zero attached hydrogens (tertiary/aromatic N) is 2. The Morgan fingerprint density at radius 1 is 1.35 bits per heavy atom. The first-order valence-electron chi connectivity index (χ1n) is 8.21. The van der Waals surface area contributed by atoms with Crippen LogP contribution in [0.2, 0.25) is 5.02 Å². The van der Waals surface area contributed by atoms with Crippen LogP contribution in [0.25, 0.3) is 10.9 Å². The van der Waals surface area contributed by atoms with Gasteiger partial charge in [0.05, 0.1) is 16.1 Å². The van der Waals surface area contributed by atoms with Gasteiger partial charge >= 0.3 is 0 Å². The van der Waals surface area contributed by atoms with Crippen LogP contribution < -0.4 is 5.56 Å². The maximum Gasteiger partial charge on any atom is 0.266 e. The van der Waals surface area contributed by atoms with Gasteiger partial charge in [-0.25, -0.2) is 0 Å². The number of hydrogen-bond donors (Lipinski definition) is 2. The molecule has 0 fully saturated rings. The van der Waals surface area contributed by atoms with Crippen LogP contribution >= 0.6 is 11.6 Å². The van der Waals surface area contributed by atoms with Crippen LogP contribution in [-0.2, 0) is 13.0 Å². The van der Waals surface area contributed by atoms with Crippen LogP contribution in [0.15, 0.2) is 29.1 Å². The molecule has 0 aliphatic carbocycles. The van der Waals surface area contributed by atoms with Gasteiger partial charge in [0.1, 0.15) is 11.6 Å². The number of carbonyl (C=O) groups is 1. The molecule has 0 bridgehead atoms. The van der Waals surface area contributed by atoms with Gasteiger partial charge in [-0.05, 0) is 19.1 Å². The highest BCUT2D eigenvalue weighted by Gasteiger charge is 2.26. The van der Waals surface area contributed by atoms with Crippen molar-refractivity contribution >= 4 is 28.4 Å². The summed E-state index contributed by atoms with van der Waals surface area (Å²) in [6.07, 6.45) is 0.694. The van der Waals surface area contributed by atoms with Gasteiger partial charge in [0, 0.05) is 41.8 Å². The minimum Gasteiger partial charge on any atom is -0.357 e. The maximum absolute atomic E-state index is 13.0. The van der Waals surface area contributed by atoms with Gasteiger partial charge in [0.2, 0.25) is 0 Å². The van der Waals surface area contributed by atoms with E-state index in [1.54, 1.807) is 11.8 Å². The Kier molecular flexibility index (Phi) is 3.82. The van der Waals surface area contributed by atoms with Crippen LogP contribution in [0.4, 0.5) is 0 Å². The number of aryl methyl sites for hydroxylation is 1. The maximum atomic E-state index is 13.0. The molecule has 7 heteroatoms. The van der Waals surface area contributed by atoms with E-state index in [0.717, 1.165) is 22.2 Å². The van der Waals surface area contributed by atoms with Crippen LogP contribution in [-0.4, -0.2) is 27.3 Å². The molecule has 2 aromatic heterocycles. The zero-order valence-corrected chi connectivity index (χ0v) is 14.8. The molecule has 2 N–H and O–H groups in total. The van der Waals surface area contributed by atoms with Crippen LogP contribution in [0.3, 0.4) is 0 Å². The fourth-order valence-corrected chi connectivity index (χ4v) is 3.70. The predicted molar refractivity (Wildman–Crippen MR) is 98.3 cm³/mol. The summed E-state index contributed by atoms with van der Waals surface area (Å²) in [6.45, 7) is 2.67. The number of amides is 1. The Hall–Kier alpha value is -3.04. The van der Waals surface area contributed by atoms with Gasteiger partial charge < -0.3 is 14.9 Å². The van der Waals surface area contributed by atoms with Crippen molar-refractivity contribution in [3.63, 3.8) is 0 Å². The summed E-state index contributed by atoms with van der Waals surface area (Å²) in [5, 5.41) is 10.7. The number of aromatic amines is 2. The van der Waals surface area contributed by atoms with Gasteiger partial charge in [-0.2, -0.15) is 5.26 Å². The number of pyridine rings is 1. The molecule has 0 unspecified atom stereocenters. The standard InChI is InChI=1S/C19H15ClN4O2/c1-10-13(7-11(8-21)18(25)22-10)19(26)24-6-5-16-14(9-24)12-3-2-4-15(20)17(12)23-16/h2-4,7,23H,5-6,9H2,1H3,(H,22,25). The second-order valence-corrected chi connectivity index (χ2v) is 6.79. The zero-order chi connectivity index (χ0) is 18.4. The number of nitriles is 1. The van der Waals surface area contributed by atoms with Crippen molar-refractivity contribution in [1.82, 2.24) is 14.9 Å². The van der Waals surface area contributed by atoms with Crippen molar-refractivity contribution in [2.24, 2.45) is 0 Å². The summed E-state index contributed by atoms with van der Waals surface area (Å²) in [4.78, 5) is 32.4. The molecule has 130 valence electrons. The summed E-state index contributed by atoms with van der Waals surface area (Å²) in [5.41, 5.74) is 3.32. The molecule has 3 heterocycles. The third-order valence-corrected chi connectivity index (χ3v) is 5.15. The zero-order valence-electron chi connectivity index (χ0n) is 14.0. The quantitative estimate of drug-likeness (QED) is 0.693. The molecule has 1 aromatic carbocycles. The van der Waals surface area contributed by atoms with E-state index in [-0.39, 0.29) is 11.5 Å². The molecular weight excluding hydrogens is 352 g/mol. The number of hydrogen-bond acceptors (Lipinski definition) is 3. The Balaban J connectivity index is 1.73. The number of halogens is 1. The van der Waals surface area contributed by atoms with Gasteiger partial charge in [-0.1, -0.05) is 23.7 Å². The Bertz CT molecular complexity index is 1150. The topological polar surface area (TPSA) is 92.8 Å². The summed E-state index contributed by atoms with van der Waals surface area (Å²) >= 11 is 6.26. The third kappa shape index (κ3) is 2.49. The molecular formula is C19H15ClN4O2. The number of H-pyrrole nitrogens is 2. The Labute approximate surface area is 154 Å². The highest BCUT2D eigenvalue weighted by atomic mass is 35.5. The number of fused-ring (bicyclic) bond motifs is 3. The number of rotatable bonds is 1. The van der Waals surface area contributed by atoms with Crippen LogP contribution in [0.1, 0.15) is 32.9 Å². The molecule has 1 amide bonds. The van der Waals surface area contributed by atoms with Crippen LogP contribution in [0, 0.1) is 18.3 Å². The third-order valence-electron chi connectivity index (χ3n) is 4.84. The van der Waals surface area contributed by atoms with E-state index in [1.807, 2.05) is 24.3 Å². The SMILES string of the molecule is Cc1[nH]c(=O)c(C#N)cc1C(=O)N1CCc2[nH]c3c(Cl)cccc3c2C1. The van der Waals surface area contributed by atoms with Crippen molar-refractivity contribution in [1.29, 1.82) is 5.26 Å². The monoisotopic (exact) mass is 366 g/mol. The number of benzene rings is 1. The molecule has 1 aliphatic rings. The normalized spacial score (nSPS) is 13.5. The molecule has 4 rings (SSSR count). The van der Waals surface area contributed by atoms with E-state index >= 15 is 0 Å². The summed E-state index contributed by atoms with van der Waals surface area (Å²) in [7, 11) is 0. The first-order valence-corrected chi connectivity index (χ1v) is 8.58. The molecule has 0 saturated carbocycles. The van der Waals surface area contributed by atoms with E-state index in [9.17, 15) is 9.59 Å². The number of nitrogens with one attached hydrogen (secondary N) is 2. The Morgan fingerprint density at radius 2 is 2.15 bits per heavy atom. The minimum atomic E-state index is -0.478. The first kappa shape index (κ1) is 16.4. The van der Waals surface area contributed by atoms with E-state index in [2.05, 4.69) is 9.97 Å². The average molecular weight is 367 g/mol. The number of aromatic nitrogens is 2. The van der Waals surface area contributed by atoms with Crippen molar-refractivity contribution < 1.29 is 4.79 Å². The number of carbonyl (C=O) groups excluding carboxylic acids is 1. The molecule has 6 nitrogen and oxygen atoms in total. The molecule has 0 radical (unpaired) electrons. The van der Waals surface area contributed by atoms with E-state index in [1.165, 1.54) is 6.07 Å². The predicted octanol–water partition coefficient (Wildman–Crippen LogP) is 2.89. The van der Waals surface area contributed by atoms with Crippen molar-refractivity contribution in [3.8, 4) is 6.07 Å². The van der Waals surface area contributed by atoms with Gasteiger partial charge in [-0.15, -0.1) is 0 Å². The second-order valence-electron chi connectivity index (χ2n) is 6.38. The second kappa shape index (κ2) is 6.04. The summed E-state index contributed by atoms with van der Waals surface area (Å²) < 4.78 is 0. The smallest absolute Gasteiger partial charge is 0.266 e. The highest BCUT2D eigenvalue weighted by molar-refractivity contribution is 6.35. The van der Waals surface area contributed by atoms with Crippen molar-refractivity contribution in [3.05, 3.63) is 67.7 Å². The molecule has 0 atom stereocenters. The largest absolute Gasteiger partial charge is 0.357 e. The lowest BCUT2D eigenvalue weighted by Crippen LogP contribution is -2.36. The molecule has 1 aliphatic heterocycles. The minimum absolute atomic E-state index is 0.0597. The highest BCUT2D eigenvalue weighted by Crippen LogP contribution is 2.32. The molecule has 3 aromatic rings. The average Bonchev–Trinajstić information content (AvgIpc) is 3.01. The van der Waals surface area contributed by atoms with Gasteiger partial charge in [0.15, 0.2) is 0 Å². The number of para-hydroxylation sites is 1. The Morgan fingerprint density at radius 3 is 2.92 bits per heavy atom. The van der Waals surface area contributed by atoms with E-state index in [4.69, 9.17) is 16.9 Å². The lowest BCUT2D eigenvalue weighted by Gasteiger charge is -2.27. The lowest BCUT2D eigenvalue weighted by atomic mass is 10.0. The fraction of sp³-hybridized carbons (Fsp3) is 0.211. The van der Waals surface area contributed by atoms with Crippen molar-refractivity contribution in [2.75, 3.05) is 6.54 Å². The van der Waals surface area contributed by atoms with Crippen molar-refractivity contribution in [2.45, 2.75) is 19.9 Å². The van der Waals surface area contributed by atoms with E-state index in [0.29, 0.717) is 35.8 Å². The lowest BCUT2D eigenvalue weighted by molar-refractivity contribution is 0.0733. The molecule has 26 heavy (non-hydrogen) atoms. The van der Waals surface area contributed by atoms with E-state index < -0.39 is 5.56 Å². The van der Waals surface area contributed by atoms with Gasteiger partial charge in [0.25, 0.3) is 11.5 Å². The first-order chi connectivity index (χ1) is 12.5. The molecule has 0 spiro atoms. The van der Waals surface area contributed by atoms with Crippen LogP contribution in [0.5, 0.6) is 0 Å². The van der Waals surface area contributed by atoms with Gasteiger partial charge in [-0.3, -0.25) is 9.59 Å². The summed E-state index contributed by atoms with van der Waals surface area (Å²) in [5.74, 6) is -0.197. The summed E-state index contributed by atoms with van der Waals surface area (Å²) in [6, 6.07) is 8.92. The fourth-order valence-electron chi connectivity index (χ4n) is 3.47.